The molecule has 23 rings (SSSR count). The molecule has 0 aliphatic heterocycles. The topological polar surface area (TPSA) is 77.3 Å². The molecule has 0 fully saturated rings. The SMILES string of the molecule is Cc1c(-c2ccccc2)cnc(-c2[c-]cc(-c3ccccc3-c3cc(-c4ccccc4-c4c[c-]c(-c5cc(-c6[c-]cc(-c7ccccc7-c7cc(-c8ccccc8-c8c[c-]c(-c9ncc(-c%10ccccc%10)c(C)c9C)cc8)cc(-c8ccccc8-c8c[c-]c(-c9ncc(-c%10ccccc%10)c(C)c9C)cc8)c7)cc6)ncn5)cc4)cc(-c4ccccc4-c4c[c-]c(-c5ncc(-c6ccccc6)c(C)c5C)cc4)c3)cc2)c1C.[Ir+3].[Ir+3]. The summed E-state index contributed by atoms with van der Waals surface area (Å²) in [6, 6.07) is 172. The fraction of sp³-hybridized carbons (Fsp3) is 0.0571. The Morgan fingerprint density at radius 1 is 0.142 bits per heavy atom. The fourth-order valence-electron chi connectivity index (χ4n) is 20.8. The molecular weight excluding hydrogens is 2150 g/mol. The molecule has 0 spiro atoms. The van der Waals surface area contributed by atoms with Crippen molar-refractivity contribution >= 4 is 0 Å². The number of aromatic nitrogens is 6. The zero-order chi connectivity index (χ0) is 98.8. The fourth-order valence-corrected chi connectivity index (χ4v) is 20.8. The van der Waals surface area contributed by atoms with Crippen LogP contribution < -0.4 is 0 Å². The van der Waals surface area contributed by atoms with Crippen LogP contribution in [-0.2, 0) is 40.2 Å². The maximum atomic E-state index is 5.08. The van der Waals surface area contributed by atoms with Crippen molar-refractivity contribution in [3.63, 3.8) is 0 Å². The average Bonchev–Trinajstić information content (AvgIpc) is 0.764. The molecule has 0 saturated heterocycles. The maximum absolute atomic E-state index is 5.08. The van der Waals surface area contributed by atoms with E-state index in [1.165, 1.54) is 22.3 Å². The molecule has 0 aliphatic carbocycles. The first kappa shape index (κ1) is 97.0. The van der Waals surface area contributed by atoms with Crippen LogP contribution in [0.1, 0.15) is 44.5 Å². The zero-order valence-electron chi connectivity index (χ0n) is 83.1. The molecular formula is C140H98Ir2N6. The minimum Gasteiger partial charge on any atom is -0.304 e. The van der Waals surface area contributed by atoms with E-state index in [0.717, 1.165) is 268 Å². The molecule has 148 heavy (non-hydrogen) atoms. The molecule has 0 N–H and O–H groups in total. The standard InChI is InChI=1S/C140H98N6.2Ir/c1-89-93(5)137(141-84-131(89)97-33-13-9-14-34-97)109-69-57-103(58-70-109)121-43-23-29-49-127(121)115-77-113(78-116(81-115)128-50-30-24-44-122(128)104-59-71-110(72-60-104)138-94(6)90(2)132(85-142-138)98-35-15-10-16-36-98)125-47-27-21-41-119(125)101-53-65-107(66-54-101)135-83-136(146-88-145-135)108-67-55-102(56-68-108)120-42-22-28-48-126(120)114-79-117(129-51-31-25-45-123(129)105-61-73-111(74-62-105)139-95(7)91(3)133(86-143-139)99-37-17-11-18-38-99)82-118(80-114)130-52-32-26-46-124(130)106-63-75-112(76-64-106)140-96(8)92(4)134(87-144-140)100-39-19-12-20-40-100;;/h9-65,67,69,71,73,75,77-88H,1-8H3;;/q-6;2*+3. The second-order valence-electron chi connectivity index (χ2n) is 37.7. The van der Waals surface area contributed by atoms with E-state index in [1.54, 1.807) is 6.33 Å². The second kappa shape index (κ2) is 42.7. The number of pyridine rings is 4. The Labute approximate surface area is 894 Å². The van der Waals surface area contributed by atoms with Crippen molar-refractivity contribution in [2.24, 2.45) is 0 Å². The van der Waals surface area contributed by atoms with E-state index >= 15 is 0 Å². The predicted octanol–water partition coefficient (Wildman–Crippen LogP) is 36.0. The Bertz CT molecular complexity index is 7940. The van der Waals surface area contributed by atoms with Crippen molar-refractivity contribution < 1.29 is 40.2 Å². The minimum atomic E-state index is 0. The van der Waals surface area contributed by atoms with Crippen molar-refractivity contribution in [3.8, 4) is 246 Å². The third kappa shape index (κ3) is 19.3. The first-order valence-corrected chi connectivity index (χ1v) is 49.6. The number of benzene rings is 18. The van der Waals surface area contributed by atoms with Crippen molar-refractivity contribution in [2.45, 2.75) is 55.4 Å². The van der Waals surface area contributed by atoms with Gasteiger partial charge in [0.1, 0.15) is 0 Å². The van der Waals surface area contributed by atoms with E-state index in [4.69, 9.17) is 29.9 Å². The number of nitrogens with zero attached hydrogens (tertiary/aromatic N) is 6. The summed E-state index contributed by atoms with van der Waals surface area (Å²) < 4.78 is 0. The van der Waals surface area contributed by atoms with E-state index < -0.39 is 0 Å². The van der Waals surface area contributed by atoms with Gasteiger partial charge in [0.25, 0.3) is 0 Å². The van der Waals surface area contributed by atoms with E-state index in [-0.39, 0.29) is 40.2 Å². The van der Waals surface area contributed by atoms with Gasteiger partial charge in [-0.05, 0) is 237 Å². The molecule has 0 amide bonds. The van der Waals surface area contributed by atoms with Gasteiger partial charge in [-0.25, -0.2) is 0 Å². The third-order valence-electron chi connectivity index (χ3n) is 29.2. The zero-order valence-corrected chi connectivity index (χ0v) is 87.9. The Balaban J connectivity index is 0.00000641. The molecule has 18 aromatic carbocycles. The van der Waals surface area contributed by atoms with Gasteiger partial charge in [0.15, 0.2) is 0 Å². The van der Waals surface area contributed by atoms with Gasteiger partial charge >= 0.3 is 40.2 Å². The summed E-state index contributed by atoms with van der Waals surface area (Å²) in [5, 5.41) is 0. The first-order chi connectivity index (χ1) is 71.7. The van der Waals surface area contributed by atoms with Gasteiger partial charge in [-0.15, -0.1) is 179 Å². The number of hydrogen-bond donors (Lipinski definition) is 0. The van der Waals surface area contributed by atoms with Crippen LogP contribution in [0.5, 0.6) is 0 Å². The monoisotopic (exact) mass is 2250 g/mol. The largest absolute Gasteiger partial charge is 3.00 e. The van der Waals surface area contributed by atoms with Gasteiger partial charge in [-0.1, -0.05) is 362 Å². The predicted molar refractivity (Wildman–Crippen MR) is 604 cm³/mol. The van der Waals surface area contributed by atoms with E-state index in [0.29, 0.717) is 0 Å². The third-order valence-corrected chi connectivity index (χ3v) is 29.2. The smallest absolute Gasteiger partial charge is 0.304 e. The van der Waals surface area contributed by atoms with Crippen LogP contribution in [0.15, 0.2) is 450 Å². The molecule has 0 bridgehead atoms. The molecule has 706 valence electrons. The molecule has 0 atom stereocenters. The number of hydrogen-bond acceptors (Lipinski definition) is 6. The maximum Gasteiger partial charge on any atom is 3.00 e. The average molecular weight is 2250 g/mol. The molecule has 5 heterocycles. The summed E-state index contributed by atoms with van der Waals surface area (Å²) in [6.07, 6.45) is 9.66. The summed E-state index contributed by atoms with van der Waals surface area (Å²) in [6.45, 7) is 17.4. The summed E-state index contributed by atoms with van der Waals surface area (Å²) in [5.74, 6) is 0. The van der Waals surface area contributed by atoms with Crippen LogP contribution in [0.25, 0.3) is 246 Å². The molecule has 8 heteroatoms. The molecule has 5 aromatic heterocycles. The summed E-state index contributed by atoms with van der Waals surface area (Å²) >= 11 is 0. The van der Waals surface area contributed by atoms with E-state index in [2.05, 4.69) is 504 Å². The van der Waals surface area contributed by atoms with Crippen molar-refractivity contribution in [2.75, 3.05) is 0 Å². The minimum absolute atomic E-state index is 0. The molecule has 0 saturated carbocycles. The van der Waals surface area contributed by atoms with E-state index in [9.17, 15) is 0 Å². The Morgan fingerprint density at radius 3 is 0.486 bits per heavy atom. The quantitative estimate of drug-likeness (QED) is 0.0629. The van der Waals surface area contributed by atoms with Gasteiger partial charge in [0, 0.05) is 47.0 Å². The Hall–Kier alpha value is -17.1. The summed E-state index contributed by atoms with van der Waals surface area (Å²) in [5.41, 5.74) is 54.8. The number of rotatable bonds is 22. The Kier molecular flexibility index (Phi) is 28.0. The van der Waals surface area contributed by atoms with Gasteiger partial charge in [0.2, 0.25) is 0 Å². The van der Waals surface area contributed by atoms with Gasteiger partial charge in [0.05, 0.1) is 6.33 Å². The molecule has 0 unspecified atom stereocenters. The van der Waals surface area contributed by atoms with Crippen LogP contribution in [0.3, 0.4) is 0 Å². The van der Waals surface area contributed by atoms with Crippen molar-refractivity contribution in [1.82, 2.24) is 29.9 Å². The van der Waals surface area contributed by atoms with Crippen LogP contribution in [0, 0.1) is 91.8 Å². The van der Waals surface area contributed by atoms with Crippen LogP contribution in [0.4, 0.5) is 0 Å². The van der Waals surface area contributed by atoms with Crippen LogP contribution in [0.2, 0.25) is 0 Å². The van der Waals surface area contributed by atoms with Gasteiger partial charge in [-0.3, -0.25) is 9.97 Å². The normalized spacial score (nSPS) is 11.1. The molecule has 23 aromatic rings. The molecule has 6 nitrogen and oxygen atoms in total. The van der Waals surface area contributed by atoms with Crippen LogP contribution in [-0.4, -0.2) is 29.9 Å². The summed E-state index contributed by atoms with van der Waals surface area (Å²) in [7, 11) is 0. The second-order valence-corrected chi connectivity index (χ2v) is 37.7. The van der Waals surface area contributed by atoms with Crippen LogP contribution >= 0.6 is 0 Å². The van der Waals surface area contributed by atoms with Crippen molar-refractivity contribution in [3.05, 3.63) is 531 Å². The van der Waals surface area contributed by atoms with Gasteiger partial charge < -0.3 is 19.9 Å². The van der Waals surface area contributed by atoms with Crippen molar-refractivity contribution in [1.29, 1.82) is 0 Å². The molecule has 0 radical (unpaired) electrons. The summed E-state index contributed by atoms with van der Waals surface area (Å²) in [4.78, 5) is 30.1. The molecule has 0 aliphatic rings. The Morgan fingerprint density at radius 2 is 0.311 bits per heavy atom. The van der Waals surface area contributed by atoms with E-state index in [1.807, 2.05) is 30.9 Å². The first-order valence-electron chi connectivity index (χ1n) is 49.6. The van der Waals surface area contributed by atoms with Gasteiger partial charge in [-0.2, -0.15) is 0 Å².